The summed E-state index contributed by atoms with van der Waals surface area (Å²) in [5.41, 5.74) is 4.74. The fourth-order valence-corrected chi connectivity index (χ4v) is 4.06. The Morgan fingerprint density at radius 1 is 1.19 bits per heavy atom. The van der Waals surface area contributed by atoms with Gasteiger partial charge in [-0.1, -0.05) is 29.8 Å². The van der Waals surface area contributed by atoms with Crippen LogP contribution in [0.4, 0.5) is 0 Å². The van der Waals surface area contributed by atoms with E-state index in [1.165, 1.54) is 12.7 Å². The van der Waals surface area contributed by atoms with Gasteiger partial charge in [-0.3, -0.25) is 10.1 Å². The molecule has 5 nitrogen and oxygen atoms in total. The lowest BCUT2D eigenvalue weighted by molar-refractivity contribution is -0.148. The molecule has 3 aromatic rings. The van der Waals surface area contributed by atoms with E-state index in [4.69, 9.17) is 9.47 Å². The molecule has 5 heteroatoms. The lowest BCUT2D eigenvalue weighted by atomic mass is 9.82. The van der Waals surface area contributed by atoms with E-state index >= 15 is 0 Å². The SMILES string of the molecule is COC(=O)[C@]1(C)Cc2c([nH]c3ccc(OC)cc23)C(c2cccc(C)c2)N1. The van der Waals surface area contributed by atoms with Gasteiger partial charge >= 0.3 is 5.97 Å². The highest BCUT2D eigenvalue weighted by molar-refractivity contribution is 5.89. The van der Waals surface area contributed by atoms with Gasteiger partial charge in [0.1, 0.15) is 11.3 Å². The predicted octanol–water partition coefficient (Wildman–Crippen LogP) is 3.65. The molecule has 0 saturated carbocycles. The van der Waals surface area contributed by atoms with Crippen LogP contribution in [0, 0.1) is 6.92 Å². The molecule has 140 valence electrons. The van der Waals surface area contributed by atoms with Crippen molar-refractivity contribution < 1.29 is 14.3 Å². The summed E-state index contributed by atoms with van der Waals surface area (Å²) in [5, 5.41) is 4.61. The number of hydrogen-bond acceptors (Lipinski definition) is 4. The van der Waals surface area contributed by atoms with Crippen molar-refractivity contribution >= 4 is 16.9 Å². The molecule has 0 bridgehead atoms. The number of H-pyrrole nitrogens is 1. The molecule has 0 fully saturated rings. The third kappa shape index (κ3) is 2.88. The first-order valence-corrected chi connectivity index (χ1v) is 9.06. The number of ether oxygens (including phenoxy) is 2. The molecular weight excluding hydrogens is 340 g/mol. The molecule has 0 radical (unpaired) electrons. The Kier molecular flexibility index (Phi) is 4.19. The number of rotatable bonds is 3. The zero-order chi connectivity index (χ0) is 19.2. The van der Waals surface area contributed by atoms with Crippen LogP contribution in [0.2, 0.25) is 0 Å². The van der Waals surface area contributed by atoms with E-state index < -0.39 is 5.54 Å². The second kappa shape index (κ2) is 6.43. The summed E-state index contributed by atoms with van der Waals surface area (Å²) in [4.78, 5) is 16.2. The molecule has 1 unspecified atom stereocenters. The van der Waals surface area contributed by atoms with E-state index in [2.05, 4.69) is 35.4 Å². The average Bonchev–Trinajstić information content (AvgIpc) is 3.04. The maximum Gasteiger partial charge on any atom is 0.326 e. The minimum Gasteiger partial charge on any atom is -0.497 e. The number of hydrogen-bond donors (Lipinski definition) is 2. The number of fused-ring (bicyclic) bond motifs is 3. The number of methoxy groups -OCH3 is 2. The number of nitrogens with one attached hydrogen (secondary N) is 2. The molecule has 4 rings (SSSR count). The minimum absolute atomic E-state index is 0.129. The van der Waals surface area contributed by atoms with Gasteiger partial charge in [-0.05, 0) is 43.2 Å². The Balaban J connectivity index is 1.94. The smallest absolute Gasteiger partial charge is 0.326 e. The summed E-state index contributed by atoms with van der Waals surface area (Å²) < 4.78 is 10.5. The lowest BCUT2D eigenvalue weighted by Gasteiger charge is -2.38. The predicted molar refractivity (Wildman–Crippen MR) is 105 cm³/mol. The van der Waals surface area contributed by atoms with Gasteiger partial charge in [-0.2, -0.15) is 0 Å². The van der Waals surface area contributed by atoms with E-state index in [0.717, 1.165) is 33.5 Å². The molecule has 27 heavy (non-hydrogen) atoms. The van der Waals surface area contributed by atoms with Crippen molar-refractivity contribution in [1.82, 2.24) is 10.3 Å². The molecule has 0 saturated heterocycles. The molecular formula is C22H24N2O3. The topological polar surface area (TPSA) is 63.4 Å². The molecule has 2 heterocycles. The van der Waals surface area contributed by atoms with Gasteiger partial charge in [0.15, 0.2) is 0 Å². The Morgan fingerprint density at radius 3 is 2.70 bits per heavy atom. The Bertz CT molecular complexity index is 1020. The zero-order valence-electron chi connectivity index (χ0n) is 16.1. The maximum absolute atomic E-state index is 12.6. The van der Waals surface area contributed by atoms with Crippen LogP contribution < -0.4 is 10.1 Å². The van der Waals surface area contributed by atoms with Crippen LogP contribution in [0.3, 0.4) is 0 Å². The molecule has 1 aliphatic heterocycles. The molecule has 0 aliphatic carbocycles. The summed E-state index contributed by atoms with van der Waals surface area (Å²) in [6.45, 7) is 3.98. The van der Waals surface area contributed by atoms with Crippen LogP contribution in [0.1, 0.15) is 35.3 Å². The molecule has 2 N–H and O–H groups in total. The molecule has 1 aromatic heterocycles. The molecule has 2 aromatic carbocycles. The van der Waals surface area contributed by atoms with Crippen LogP contribution in [-0.4, -0.2) is 30.7 Å². The second-order valence-electron chi connectivity index (χ2n) is 7.42. The summed E-state index contributed by atoms with van der Waals surface area (Å²) in [5.74, 6) is 0.540. The fraction of sp³-hybridized carbons (Fsp3) is 0.318. The van der Waals surface area contributed by atoms with Crippen molar-refractivity contribution in [1.29, 1.82) is 0 Å². The average molecular weight is 364 g/mol. The number of aromatic nitrogens is 1. The van der Waals surface area contributed by atoms with Crippen LogP contribution in [0.5, 0.6) is 5.75 Å². The van der Waals surface area contributed by atoms with Crippen LogP contribution in [0.15, 0.2) is 42.5 Å². The van der Waals surface area contributed by atoms with Crippen molar-refractivity contribution in [3.8, 4) is 5.75 Å². The molecule has 2 atom stereocenters. The first kappa shape index (κ1) is 17.6. The molecule has 1 aliphatic rings. The molecule has 0 amide bonds. The van der Waals surface area contributed by atoms with Crippen LogP contribution in [-0.2, 0) is 16.0 Å². The first-order chi connectivity index (χ1) is 12.9. The normalized spacial score (nSPS) is 21.7. The standard InChI is InChI=1S/C22H24N2O3/c1-13-6-5-7-14(10-13)19-20-17(12-22(2,24-19)21(25)27-4)16-11-15(26-3)8-9-18(16)23-20/h5-11,19,23-24H,12H2,1-4H3/t19?,22-/m0/s1. The maximum atomic E-state index is 12.6. The highest BCUT2D eigenvalue weighted by Gasteiger charge is 2.43. The van der Waals surface area contributed by atoms with Gasteiger partial charge in [0.25, 0.3) is 0 Å². The van der Waals surface area contributed by atoms with Gasteiger partial charge < -0.3 is 14.5 Å². The zero-order valence-corrected chi connectivity index (χ0v) is 16.1. The summed E-state index contributed by atoms with van der Waals surface area (Å²) in [6, 6.07) is 14.2. The van der Waals surface area contributed by atoms with Gasteiger partial charge in [-0.25, -0.2) is 0 Å². The number of carbonyl (C=O) groups is 1. The number of aryl methyl sites for hydroxylation is 1. The number of esters is 1. The van der Waals surface area contributed by atoms with E-state index in [1.54, 1.807) is 7.11 Å². The van der Waals surface area contributed by atoms with E-state index in [-0.39, 0.29) is 12.0 Å². The number of carbonyl (C=O) groups excluding carboxylic acids is 1. The number of benzene rings is 2. The Morgan fingerprint density at radius 2 is 2.00 bits per heavy atom. The third-order valence-electron chi connectivity index (χ3n) is 5.44. The van der Waals surface area contributed by atoms with Gasteiger partial charge in [-0.15, -0.1) is 0 Å². The third-order valence-corrected chi connectivity index (χ3v) is 5.44. The minimum atomic E-state index is -0.811. The Hall–Kier alpha value is -2.79. The fourth-order valence-electron chi connectivity index (χ4n) is 4.06. The summed E-state index contributed by atoms with van der Waals surface area (Å²) in [6.07, 6.45) is 0.546. The Labute approximate surface area is 158 Å². The highest BCUT2D eigenvalue weighted by Crippen LogP contribution is 2.39. The number of aromatic amines is 1. The van der Waals surface area contributed by atoms with Crippen molar-refractivity contribution in [3.63, 3.8) is 0 Å². The van der Waals surface area contributed by atoms with Crippen molar-refractivity contribution in [2.24, 2.45) is 0 Å². The highest BCUT2D eigenvalue weighted by atomic mass is 16.5. The summed E-state index contributed by atoms with van der Waals surface area (Å²) in [7, 11) is 3.10. The first-order valence-electron chi connectivity index (χ1n) is 9.06. The van der Waals surface area contributed by atoms with Crippen molar-refractivity contribution in [2.75, 3.05) is 14.2 Å². The summed E-state index contributed by atoms with van der Waals surface area (Å²) >= 11 is 0. The largest absolute Gasteiger partial charge is 0.497 e. The van der Waals surface area contributed by atoms with E-state index in [1.807, 2.05) is 31.2 Å². The lowest BCUT2D eigenvalue weighted by Crippen LogP contribution is -2.56. The van der Waals surface area contributed by atoms with E-state index in [0.29, 0.717) is 6.42 Å². The molecule has 0 spiro atoms. The van der Waals surface area contributed by atoms with Crippen LogP contribution >= 0.6 is 0 Å². The van der Waals surface area contributed by atoms with Gasteiger partial charge in [0.05, 0.1) is 20.3 Å². The van der Waals surface area contributed by atoms with Crippen LogP contribution in [0.25, 0.3) is 10.9 Å². The monoisotopic (exact) mass is 364 g/mol. The quantitative estimate of drug-likeness (QED) is 0.697. The van der Waals surface area contributed by atoms with E-state index in [9.17, 15) is 4.79 Å². The van der Waals surface area contributed by atoms with Crippen molar-refractivity contribution in [3.05, 3.63) is 64.8 Å². The van der Waals surface area contributed by atoms with Gasteiger partial charge in [0, 0.05) is 23.0 Å². The second-order valence-corrected chi connectivity index (χ2v) is 7.42. The van der Waals surface area contributed by atoms with Gasteiger partial charge in [0.2, 0.25) is 0 Å². The van der Waals surface area contributed by atoms with Crippen molar-refractivity contribution in [2.45, 2.75) is 31.8 Å².